The van der Waals surface area contributed by atoms with Crippen molar-refractivity contribution in [3.63, 3.8) is 0 Å². The number of hydrogen-bond acceptors (Lipinski definition) is 4. The monoisotopic (exact) mass is 443 g/mol. The SMILES string of the molecule is C=CCCC[C@H](CC(=O)O)C(=O)N[C@H](C(=O)N(CCCC=C)Cc1cccnc1)C(C)C. The average Bonchev–Trinajstić information content (AvgIpc) is 2.76. The number of amides is 2. The van der Waals surface area contributed by atoms with E-state index in [9.17, 15) is 19.5 Å². The molecule has 0 unspecified atom stereocenters. The molecule has 1 aromatic heterocycles. The molecule has 0 spiro atoms. The molecule has 0 aliphatic heterocycles. The summed E-state index contributed by atoms with van der Waals surface area (Å²) in [4.78, 5) is 43.5. The molecular weight excluding hydrogens is 406 g/mol. The Bertz CT molecular complexity index is 749. The van der Waals surface area contributed by atoms with Crippen LogP contribution in [0, 0.1) is 11.8 Å². The summed E-state index contributed by atoms with van der Waals surface area (Å²) in [6, 6.07) is 2.99. The van der Waals surface area contributed by atoms with Crippen LogP contribution in [-0.2, 0) is 20.9 Å². The highest BCUT2D eigenvalue weighted by molar-refractivity contribution is 5.90. The number of carbonyl (C=O) groups is 3. The van der Waals surface area contributed by atoms with Crippen LogP contribution in [0.1, 0.15) is 57.9 Å². The van der Waals surface area contributed by atoms with Gasteiger partial charge in [0.05, 0.1) is 6.42 Å². The first-order valence-electron chi connectivity index (χ1n) is 11.2. The molecule has 7 heteroatoms. The first-order chi connectivity index (χ1) is 15.3. The molecule has 0 aliphatic carbocycles. The Morgan fingerprint density at radius 2 is 1.88 bits per heavy atom. The minimum absolute atomic E-state index is 0.152. The third kappa shape index (κ3) is 9.90. The zero-order chi connectivity index (χ0) is 23.9. The van der Waals surface area contributed by atoms with Crippen molar-refractivity contribution in [3.05, 3.63) is 55.4 Å². The second-order valence-electron chi connectivity index (χ2n) is 8.30. The number of rotatable bonds is 16. The van der Waals surface area contributed by atoms with Crippen LogP contribution in [0.5, 0.6) is 0 Å². The Kier molecular flexibility index (Phi) is 12.6. The van der Waals surface area contributed by atoms with Crippen LogP contribution in [0.2, 0.25) is 0 Å². The standard InChI is InChI=1S/C25H37N3O4/c1-5-7-9-13-21(16-22(29)30)24(31)27-23(19(3)4)25(32)28(15-10-8-6-2)18-20-12-11-14-26-17-20/h5-6,11-12,14,17,19,21,23H,1-2,7-10,13,15-16,18H2,3-4H3,(H,27,31)(H,29,30)/t21-,23+/m1/s1. The zero-order valence-corrected chi connectivity index (χ0v) is 19.3. The highest BCUT2D eigenvalue weighted by atomic mass is 16.4. The van der Waals surface area contributed by atoms with Crippen molar-refractivity contribution >= 4 is 17.8 Å². The number of nitrogens with zero attached hydrogens (tertiary/aromatic N) is 2. The number of hydrogen-bond donors (Lipinski definition) is 2. The van der Waals surface area contributed by atoms with Gasteiger partial charge >= 0.3 is 5.97 Å². The van der Waals surface area contributed by atoms with Crippen LogP contribution < -0.4 is 5.32 Å². The van der Waals surface area contributed by atoms with Gasteiger partial charge in [-0.15, -0.1) is 13.2 Å². The van der Waals surface area contributed by atoms with Crippen molar-refractivity contribution in [1.82, 2.24) is 15.2 Å². The zero-order valence-electron chi connectivity index (χ0n) is 19.3. The molecular formula is C25H37N3O4. The molecule has 1 heterocycles. The first kappa shape index (κ1) is 27.1. The molecule has 0 fully saturated rings. The molecule has 0 aromatic carbocycles. The highest BCUT2D eigenvalue weighted by Gasteiger charge is 2.31. The van der Waals surface area contributed by atoms with Gasteiger partial charge in [0, 0.05) is 31.4 Å². The summed E-state index contributed by atoms with van der Waals surface area (Å²) in [6.45, 7) is 12.1. The fourth-order valence-electron chi connectivity index (χ4n) is 3.43. The first-order valence-corrected chi connectivity index (χ1v) is 11.2. The third-order valence-corrected chi connectivity index (χ3v) is 5.23. The molecule has 32 heavy (non-hydrogen) atoms. The van der Waals surface area contributed by atoms with Crippen LogP contribution in [0.25, 0.3) is 0 Å². The second kappa shape index (κ2) is 14.9. The number of carboxylic acids is 1. The van der Waals surface area contributed by atoms with Gasteiger partial charge in [0.15, 0.2) is 0 Å². The normalized spacial score (nSPS) is 12.6. The van der Waals surface area contributed by atoms with Gasteiger partial charge in [0.25, 0.3) is 0 Å². The van der Waals surface area contributed by atoms with Gasteiger partial charge in [-0.1, -0.05) is 32.1 Å². The van der Waals surface area contributed by atoms with E-state index in [0.717, 1.165) is 18.4 Å². The van der Waals surface area contributed by atoms with Gasteiger partial charge in [0.2, 0.25) is 11.8 Å². The fourth-order valence-corrected chi connectivity index (χ4v) is 3.43. The van der Waals surface area contributed by atoms with Gasteiger partial charge < -0.3 is 15.3 Å². The summed E-state index contributed by atoms with van der Waals surface area (Å²) in [6.07, 6.45) is 10.0. The Morgan fingerprint density at radius 3 is 2.44 bits per heavy atom. The highest BCUT2D eigenvalue weighted by Crippen LogP contribution is 2.17. The molecule has 0 saturated carbocycles. The largest absolute Gasteiger partial charge is 0.481 e. The topological polar surface area (TPSA) is 99.6 Å². The van der Waals surface area contributed by atoms with Gasteiger partial charge in [-0.05, 0) is 49.7 Å². The molecule has 1 rings (SSSR count). The van der Waals surface area contributed by atoms with E-state index in [1.165, 1.54) is 0 Å². The number of carboxylic acid groups (broad SMARTS) is 1. The Morgan fingerprint density at radius 1 is 1.19 bits per heavy atom. The minimum Gasteiger partial charge on any atom is -0.481 e. The summed E-state index contributed by atoms with van der Waals surface area (Å²) in [5.41, 5.74) is 0.904. The molecule has 1 aromatic rings. The van der Waals surface area contributed by atoms with Crippen molar-refractivity contribution in [3.8, 4) is 0 Å². The number of allylic oxidation sites excluding steroid dienone is 2. The van der Waals surface area contributed by atoms with Crippen molar-refractivity contribution in [2.45, 2.75) is 65.0 Å². The van der Waals surface area contributed by atoms with Crippen molar-refractivity contribution in [2.75, 3.05) is 6.54 Å². The number of carbonyl (C=O) groups excluding carboxylic acids is 2. The molecule has 2 atom stereocenters. The van der Waals surface area contributed by atoms with Crippen LogP contribution in [0.15, 0.2) is 49.8 Å². The number of aromatic nitrogens is 1. The molecule has 0 saturated heterocycles. The predicted octanol–water partition coefficient (Wildman–Crippen LogP) is 3.96. The number of pyridine rings is 1. The van der Waals surface area contributed by atoms with Crippen LogP contribution in [0.4, 0.5) is 0 Å². The van der Waals surface area contributed by atoms with Crippen molar-refractivity contribution in [1.29, 1.82) is 0 Å². The van der Waals surface area contributed by atoms with E-state index in [4.69, 9.17) is 0 Å². The maximum atomic E-state index is 13.5. The molecule has 0 bridgehead atoms. The molecule has 7 nitrogen and oxygen atoms in total. The third-order valence-electron chi connectivity index (χ3n) is 5.23. The summed E-state index contributed by atoms with van der Waals surface area (Å²) >= 11 is 0. The minimum atomic E-state index is -1.03. The molecule has 2 amide bonds. The van der Waals surface area contributed by atoms with E-state index in [0.29, 0.717) is 32.4 Å². The molecule has 176 valence electrons. The van der Waals surface area contributed by atoms with E-state index < -0.39 is 23.8 Å². The Hall–Kier alpha value is -2.96. The smallest absolute Gasteiger partial charge is 0.304 e. The van der Waals surface area contributed by atoms with E-state index in [1.807, 2.05) is 32.1 Å². The Balaban J connectivity index is 2.99. The van der Waals surface area contributed by atoms with E-state index in [2.05, 4.69) is 23.5 Å². The lowest BCUT2D eigenvalue weighted by molar-refractivity contribution is -0.143. The van der Waals surface area contributed by atoms with Crippen LogP contribution >= 0.6 is 0 Å². The maximum Gasteiger partial charge on any atom is 0.304 e. The average molecular weight is 444 g/mol. The lowest BCUT2D eigenvalue weighted by Crippen LogP contribution is -2.52. The van der Waals surface area contributed by atoms with Gasteiger partial charge in [-0.3, -0.25) is 19.4 Å². The summed E-state index contributed by atoms with van der Waals surface area (Å²) in [7, 11) is 0. The Labute approximate surface area is 191 Å². The van der Waals surface area contributed by atoms with Crippen LogP contribution in [0.3, 0.4) is 0 Å². The van der Waals surface area contributed by atoms with Gasteiger partial charge in [-0.2, -0.15) is 0 Å². The van der Waals surface area contributed by atoms with Crippen LogP contribution in [-0.4, -0.2) is 45.4 Å². The van der Waals surface area contributed by atoms with Gasteiger partial charge in [0.1, 0.15) is 6.04 Å². The lowest BCUT2D eigenvalue weighted by Gasteiger charge is -2.31. The second-order valence-corrected chi connectivity index (χ2v) is 8.30. The lowest BCUT2D eigenvalue weighted by atomic mass is 9.95. The number of unbranched alkanes of at least 4 members (excludes halogenated alkanes) is 2. The number of nitrogens with one attached hydrogen (secondary N) is 1. The number of aliphatic carboxylic acids is 1. The summed E-state index contributed by atoms with van der Waals surface area (Å²) in [5, 5.41) is 12.1. The summed E-state index contributed by atoms with van der Waals surface area (Å²) in [5.74, 6) is -2.44. The predicted molar refractivity (Wildman–Crippen MR) is 126 cm³/mol. The summed E-state index contributed by atoms with van der Waals surface area (Å²) < 4.78 is 0. The van der Waals surface area contributed by atoms with E-state index in [1.54, 1.807) is 23.4 Å². The maximum absolute atomic E-state index is 13.5. The molecule has 2 N–H and O–H groups in total. The molecule has 0 aliphatic rings. The van der Waals surface area contributed by atoms with Crippen molar-refractivity contribution < 1.29 is 19.5 Å². The quantitative estimate of drug-likeness (QED) is 0.298. The molecule has 0 radical (unpaired) electrons. The fraction of sp³-hybridized carbons (Fsp3) is 0.520. The van der Waals surface area contributed by atoms with Crippen molar-refractivity contribution in [2.24, 2.45) is 11.8 Å². The van der Waals surface area contributed by atoms with E-state index in [-0.39, 0.29) is 18.2 Å². The van der Waals surface area contributed by atoms with Gasteiger partial charge in [-0.25, -0.2) is 0 Å². The van der Waals surface area contributed by atoms with E-state index >= 15 is 0 Å².